The van der Waals surface area contributed by atoms with Crippen molar-refractivity contribution in [3.8, 4) is 11.3 Å². The van der Waals surface area contributed by atoms with E-state index in [0.717, 1.165) is 13.0 Å². The van der Waals surface area contributed by atoms with Gasteiger partial charge >= 0.3 is 12.1 Å². The zero-order chi connectivity index (χ0) is 18.4. The van der Waals surface area contributed by atoms with E-state index in [4.69, 9.17) is 22.4 Å². The van der Waals surface area contributed by atoms with Crippen molar-refractivity contribution < 1.29 is 31.9 Å². The third-order valence-corrected chi connectivity index (χ3v) is 3.64. The summed E-state index contributed by atoms with van der Waals surface area (Å²) in [5.41, 5.74) is 0.631. The molecule has 0 saturated heterocycles. The molecule has 128 valence electrons. The minimum Gasteiger partial charge on any atom is -0.476 e. The largest absolute Gasteiger partial charge is 0.476 e. The number of nitrogen functional groups attached to an aromatic ring is 1. The predicted octanol–water partition coefficient (Wildman–Crippen LogP) is 4.29. The second-order valence-corrected chi connectivity index (χ2v) is 5.13. The molecule has 2 rings (SSSR count). The highest BCUT2D eigenvalue weighted by molar-refractivity contribution is 6.35. The Morgan fingerprint density at radius 3 is 2.33 bits per heavy atom. The Morgan fingerprint density at radius 1 is 1.25 bits per heavy atom. The summed E-state index contributed by atoms with van der Waals surface area (Å²) in [6.45, 7) is 0.978. The highest BCUT2D eigenvalue weighted by atomic mass is 35.5. The van der Waals surface area contributed by atoms with Crippen LogP contribution in [0.3, 0.4) is 0 Å². The van der Waals surface area contributed by atoms with Crippen molar-refractivity contribution >= 4 is 23.3 Å². The van der Waals surface area contributed by atoms with Crippen molar-refractivity contribution in [2.24, 2.45) is 0 Å². The molecular weight excluding hydrogens is 359 g/mol. The van der Waals surface area contributed by atoms with Crippen LogP contribution >= 0.6 is 11.6 Å². The number of nitrogens with zero attached hydrogens (tertiary/aromatic N) is 1. The molecule has 0 aliphatic rings. The Morgan fingerprint density at radius 2 is 1.83 bits per heavy atom. The number of pyridine rings is 1. The number of carboxylic acids is 1. The van der Waals surface area contributed by atoms with Crippen molar-refractivity contribution in [1.82, 2.24) is 4.98 Å². The number of alkyl halides is 3. The van der Waals surface area contributed by atoms with E-state index in [1.165, 1.54) is 0 Å². The number of carboxylic acid groups (broad SMARTS) is 1. The molecule has 0 spiro atoms. The van der Waals surface area contributed by atoms with Crippen LogP contribution in [0, 0.1) is 18.6 Å². The van der Waals surface area contributed by atoms with Gasteiger partial charge in [0.15, 0.2) is 11.5 Å². The summed E-state index contributed by atoms with van der Waals surface area (Å²) >= 11 is 5.58. The molecule has 0 amide bonds. The SMILES string of the molecule is Cc1c(-c2nc(C(=O)O)c(Cl)c(N)c2F)ccc(C(F)(F)F)c1F. The third kappa shape index (κ3) is 2.86. The Labute approximate surface area is 136 Å². The van der Waals surface area contributed by atoms with Gasteiger partial charge in [0.2, 0.25) is 0 Å². The van der Waals surface area contributed by atoms with E-state index in [-0.39, 0.29) is 5.56 Å². The van der Waals surface area contributed by atoms with Crippen LogP contribution in [0.2, 0.25) is 5.02 Å². The second kappa shape index (κ2) is 5.90. The summed E-state index contributed by atoms with van der Waals surface area (Å²) in [5.74, 6) is -4.50. The molecule has 1 aromatic heterocycles. The summed E-state index contributed by atoms with van der Waals surface area (Å²) in [6, 6.07) is 1.19. The van der Waals surface area contributed by atoms with E-state index in [9.17, 15) is 26.7 Å². The number of carbonyl (C=O) groups is 1. The van der Waals surface area contributed by atoms with E-state index in [1.807, 2.05) is 0 Å². The van der Waals surface area contributed by atoms with Gasteiger partial charge in [0.1, 0.15) is 11.5 Å². The molecule has 0 radical (unpaired) electrons. The topological polar surface area (TPSA) is 76.2 Å². The minimum absolute atomic E-state index is 0.371. The Hall–Kier alpha value is -2.42. The lowest BCUT2D eigenvalue weighted by Crippen LogP contribution is -2.12. The van der Waals surface area contributed by atoms with E-state index >= 15 is 0 Å². The summed E-state index contributed by atoms with van der Waals surface area (Å²) in [7, 11) is 0. The molecule has 1 heterocycles. The number of benzene rings is 1. The van der Waals surface area contributed by atoms with Crippen LogP contribution in [0.4, 0.5) is 27.6 Å². The van der Waals surface area contributed by atoms with Crippen LogP contribution < -0.4 is 5.73 Å². The first-order chi connectivity index (χ1) is 11.0. The number of halogens is 6. The molecule has 0 unspecified atom stereocenters. The lowest BCUT2D eigenvalue weighted by Gasteiger charge is -2.15. The predicted molar refractivity (Wildman–Crippen MR) is 75.7 cm³/mol. The van der Waals surface area contributed by atoms with E-state index < -0.39 is 57.0 Å². The minimum atomic E-state index is -4.94. The van der Waals surface area contributed by atoms with Crippen molar-refractivity contribution in [3.05, 3.63) is 45.6 Å². The number of anilines is 1. The van der Waals surface area contributed by atoms with E-state index in [2.05, 4.69) is 4.98 Å². The van der Waals surface area contributed by atoms with Crippen LogP contribution in [-0.4, -0.2) is 16.1 Å². The Bertz CT molecular complexity index is 852. The quantitative estimate of drug-likeness (QED) is 0.777. The molecule has 0 aliphatic carbocycles. The molecule has 0 bridgehead atoms. The molecule has 0 saturated carbocycles. The molecule has 24 heavy (non-hydrogen) atoms. The number of aromatic carboxylic acids is 1. The first kappa shape index (κ1) is 17.9. The summed E-state index contributed by atoms with van der Waals surface area (Å²) in [5, 5.41) is 8.32. The summed E-state index contributed by atoms with van der Waals surface area (Å²) in [4.78, 5) is 14.5. The van der Waals surface area contributed by atoms with E-state index in [0.29, 0.717) is 6.07 Å². The average Bonchev–Trinajstić information content (AvgIpc) is 2.47. The van der Waals surface area contributed by atoms with Gasteiger partial charge in [0, 0.05) is 5.56 Å². The second-order valence-electron chi connectivity index (χ2n) is 4.75. The van der Waals surface area contributed by atoms with Gasteiger partial charge in [-0.3, -0.25) is 0 Å². The monoisotopic (exact) mass is 366 g/mol. The molecule has 0 aliphatic heterocycles. The fraction of sp³-hybridized carbons (Fsp3) is 0.143. The van der Waals surface area contributed by atoms with Crippen LogP contribution in [0.1, 0.15) is 21.6 Å². The smallest absolute Gasteiger partial charge is 0.419 e. The van der Waals surface area contributed by atoms with Crippen LogP contribution in [-0.2, 0) is 6.18 Å². The van der Waals surface area contributed by atoms with Gasteiger partial charge in [-0.2, -0.15) is 13.2 Å². The summed E-state index contributed by atoms with van der Waals surface area (Å²) < 4.78 is 66.3. The van der Waals surface area contributed by atoms with Gasteiger partial charge in [-0.25, -0.2) is 18.6 Å². The zero-order valence-electron chi connectivity index (χ0n) is 11.8. The number of rotatable bonds is 2. The highest BCUT2D eigenvalue weighted by Gasteiger charge is 2.35. The molecule has 0 fully saturated rings. The fourth-order valence-corrected chi connectivity index (χ4v) is 2.25. The van der Waals surface area contributed by atoms with Crippen LogP contribution in [0.25, 0.3) is 11.3 Å². The standard InChI is InChI=1S/C14H8ClF5N2O2/c1-4-5(2-3-6(8(4)16)14(18,19)20)11-9(17)10(21)7(15)12(22-11)13(23)24/h2-3H,1H3,(H2,21,22)(H,23,24). The van der Waals surface area contributed by atoms with Crippen molar-refractivity contribution in [2.45, 2.75) is 13.1 Å². The van der Waals surface area contributed by atoms with Crippen LogP contribution in [0.5, 0.6) is 0 Å². The van der Waals surface area contributed by atoms with Gasteiger partial charge < -0.3 is 10.8 Å². The van der Waals surface area contributed by atoms with Gasteiger partial charge in [-0.05, 0) is 18.6 Å². The normalized spacial score (nSPS) is 11.6. The van der Waals surface area contributed by atoms with E-state index in [1.54, 1.807) is 0 Å². The molecular formula is C14H8ClF5N2O2. The van der Waals surface area contributed by atoms with Gasteiger partial charge in [0.05, 0.1) is 16.3 Å². The molecule has 0 atom stereocenters. The molecule has 3 N–H and O–H groups in total. The Balaban J connectivity index is 2.79. The lowest BCUT2D eigenvalue weighted by atomic mass is 9.99. The van der Waals surface area contributed by atoms with Crippen molar-refractivity contribution in [1.29, 1.82) is 0 Å². The first-order valence-corrected chi connectivity index (χ1v) is 6.59. The first-order valence-electron chi connectivity index (χ1n) is 6.21. The average molecular weight is 367 g/mol. The van der Waals surface area contributed by atoms with Gasteiger partial charge in [-0.1, -0.05) is 17.7 Å². The van der Waals surface area contributed by atoms with Gasteiger partial charge in [0.25, 0.3) is 0 Å². The van der Waals surface area contributed by atoms with Crippen molar-refractivity contribution in [3.63, 3.8) is 0 Å². The fourth-order valence-electron chi connectivity index (χ4n) is 2.04. The van der Waals surface area contributed by atoms with Crippen LogP contribution in [0.15, 0.2) is 12.1 Å². The Kier molecular flexibility index (Phi) is 4.40. The number of nitrogens with two attached hydrogens (primary N) is 1. The summed E-state index contributed by atoms with van der Waals surface area (Å²) in [6.07, 6.45) is -4.94. The third-order valence-electron chi connectivity index (χ3n) is 3.26. The number of hydrogen-bond donors (Lipinski definition) is 2. The maximum atomic E-state index is 14.2. The lowest BCUT2D eigenvalue weighted by molar-refractivity contribution is -0.140. The molecule has 10 heteroatoms. The van der Waals surface area contributed by atoms with Crippen molar-refractivity contribution in [2.75, 3.05) is 5.73 Å². The number of hydrogen-bond acceptors (Lipinski definition) is 3. The maximum absolute atomic E-state index is 14.2. The molecule has 2 aromatic rings. The molecule has 4 nitrogen and oxygen atoms in total. The number of aromatic nitrogens is 1. The highest BCUT2D eigenvalue weighted by Crippen LogP contribution is 2.38. The zero-order valence-corrected chi connectivity index (χ0v) is 12.6. The molecule has 1 aromatic carbocycles. The maximum Gasteiger partial charge on any atom is 0.419 e. The van der Waals surface area contributed by atoms with Gasteiger partial charge in [-0.15, -0.1) is 0 Å².